The second kappa shape index (κ2) is 9.18. The lowest BCUT2D eigenvalue weighted by Gasteiger charge is -2.34. The molecule has 1 aromatic carbocycles. The monoisotopic (exact) mass is 434 g/mol. The standard InChI is InChI=1S/C21H30N4O4S/c1-15-4-10-18(11-5-15)30(28,29)25-13-12-22-21(27)19(25)14-20(26)23-16-6-8-17(9-7-16)24(2)3/h4-5,10-13,16-17,19H,6-9,14H2,1-3H3,(H,22,27)(H,23,26)/t16?,17?,19-/m1/s1. The second-order valence-electron chi connectivity index (χ2n) is 8.23. The van der Waals surface area contributed by atoms with Crippen LogP contribution in [0, 0.1) is 6.92 Å². The number of benzene rings is 1. The Morgan fingerprint density at radius 2 is 1.80 bits per heavy atom. The lowest BCUT2D eigenvalue weighted by molar-refractivity contribution is -0.130. The van der Waals surface area contributed by atoms with Gasteiger partial charge in [0.2, 0.25) is 11.8 Å². The molecule has 1 saturated carbocycles. The van der Waals surface area contributed by atoms with Crippen LogP contribution in [0.5, 0.6) is 0 Å². The highest BCUT2D eigenvalue weighted by Crippen LogP contribution is 2.24. The molecular formula is C21H30N4O4S. The predicted molar refractivity (Wildman–Crippen MR) is 114 cm³/mol. The summed E-state index contributed by atoms with van der Waals surface area (Å²) in [6, 6.07) is 5.86. The number of aryl methyl sites for hydroxylation is 1. The van der Waals surface area contributed by atoms with Crippen LogP contribution < -0.4 is 10.6 Å². The summed E-state index contributed by atoms with van der Waals surface area (Å²) in [5.41, 5.74) is 0.931. The van der Waals surface area contributed by atoms with Gasteiger partial charge >= 0.3 is 0 Å². The molecule has 0 bridgehead atoms. The Kier molecular flexibility index (Phi) is 6.82. The van der Waals surface area contributed by atoms with Gasteiger partial charge in [-0.3, -0.25) is 13.9 Å². The van der Waals surface area contributed by atoms with Gasteiger partial charge in [-0.2, -0.15) is 0 Å². The molecule has 0 radical (unpaired) electrons. The molecule has 1 atom stereocenters. The summed E-state index contributed by atoms with van der Waals surface area (Å²) in [6.45, 7) is 1.86. The number of nitrogens with one attached hydrogen (secondary N) is 2. The van der Waals surface area contributed by atoms with Gasteiger partial charge in [-0.1, -0.05) is 17.7 Å². The molecule has 30 heavy (non-hydrogen) atoms. The zero-order valence-corrected chi connectivity index (χ0v) is 18.5. The van der Waals surface area contributed by atoms with Crippen LogP contribution in [0.1, 0.15) is 37.7 Å². The van der Waals surface area contributed by atoms with Crippen molar-refractivity contribution in [2.45, 2.75) is 62.0 Å². The molecule has 0 aromatic heterocycles. The summed E-state index contributed by atoms with van der Waals surface area (Å²) in [5, 5.41) is 5.49. The number of hydrogen-bond acceptors (Lipinski definition) is 5. The lowest BCUT2D eigenvalue weighted by atomic mass is 9.90. The molecule has 1 aliphatic carbocycles. The summed E-state index contributed by atoms with van der Waals surface area (Å²) in [5.74, 6) is -0.831. The highest BCUT2D eigenvalue weighted by atomic mass is 32.2. The largest absolute Gasteiger partial charge is 0.353 e. The smallest absolute Gasteiger partial charge is 0.264 e. The molecule has 164 valence electrons. The van der Waals surface area contributed by atoms with Crippen molar-refractivity contribution in [1.29, 1.82) is 0 Å². The minimum atomic E-state index is -3.96. The topological polar surface area (TPSA) is 98.8 Å². The van der Waals surface area contributed by atoms with Crippen LogP contribution in [-0.4, -0.2) is 61.7 Å². The van der Waals surface area contributed by atoms with E-state index in [9.17, 15) is 18.0 Å². The van der Waals surface area contributed by atoms with Gasteiger partial charge in [-0.15, -0.1) is 0 Å². The van der Waals surface area contributed by atoms with E-state index >= 15 is 0 Å². The van der Waals surface area contributed by atoms with E-state index in [1.807, 2.05) is 6.92 Å². The number of carbonyl (C=O) groups is 2. The fourth-order valence-electron chi connectivity index (χ4n) is 3.97. The van der Waals surface area contributed by atoms with Crippen molar-refractivity contribution in [2.24, 2.45) is 0 Å². The predicted octanol–water partition coefficient (Wildman–Crippen LogP) is 1.33. The Bertz CT molecular complexity index is 903. The van der Waals surface area contributed by atoms with Crippen LogP contribution in [0.3, 0.4) is 0 Å². The van der Waals surface area contributed by atoms with E-state index in [0.29, 0.717) is 6.04 Å². The van der Waals surface area contributed by atoms with Gasteiger partial charge in [0.25, 0.3) is 10.0 Å². The second-order valence-corrected chi connectivity index (χ2v) is 10.1. The van der Waals surface area contributed by atoms with Gasteiger partial charge in [0.15, 0.2) is 0 Å². The number of rotatable bonds is 6. The van der Waals surface area contributed by atoms with Crippen LogP contribution >= 0.6 is 0 Å². The fraction of sp³-hybridized carbons (Fsp3) is 0.524. The third-order valence-electron chi connectivity index (χ3n) is 5.82. The Hall–Kier alpha value is -2.39. The molecule has 2 N–H and O–H groups in total. The van der Waals surface area contributed by atoms with E-state index < -0.39 is 22.0 Å². The summed E-state index contributed by atoms with van der Waals surface area (Å²) in [4.78, 5) is 27.4. The average Bonchev–Trinajstić information content (AvgIpc) is 2.70. The van der Waals surface area contributed by atoms with E-state index in [-0.39, 0.29) is 23.3 Å². The molecule has 2 aliphatic rings. The van der Waals surface area contributed by atoms with Crippen molar-refractivity contribution < 1.29 is 18.0 Å². The first-order valence-electron chi connectivity index (χ1n) is 10.2. The van der Waals surface area contributed by atoms with E-state index in [2.05, 4.69) is 29.6 Å². The maximum Gasteiger partial charge on any atom is 0.264 e. The zero-order chi connectivity index (χ0) is 21.9. The summed E-state index contributed by atoms with van der Waals surface area (Å²) in [6.07, 6.45) is 6.10. The molecule has 0 saturated heterocycles. The number of sulfonamides is 1. The average molecular weight is 435 g/mol. The van der Waals surface area contributed by atoms with Gasteiger partial charge in [0.05, 0.1) is 11.3 Å². The molecule has 1 heterocycles. The summed E-state index contributed by atoms with van der Waals surface area (Å²) >= 11 is 0. The molecule has 0 unspecified atom stereocenters. The van der Waals surface area contributed by atoms with E-state index in [0.717, 1.165) is 35.6 Å². The Labute approximate surface area is 178 Å². The van der Waals surface area contributed by atoms with Crippen LogP contribution in [0.4, 0.5) is 0 Å². The molecular weight excluding hydrogens is 404 g/mol. The molecule has 1 aromatic rings. The lowest BCUT2D eigenvalue weighted by Crippen LogP contribution is -2.52. The van der Waals surface area contributed by atoms with Gasteiger partial charge in [-0.25, -0.2) is 8.42 Å². The first kappa shape index (κ1) is 22.3. The van der Waals surface area contributed by atoms with E-state index in [4.69, 9.17) is 0 Å². The normalized spacial score (nSPS) is 24.6. The van der Waals surface area contributed by atoms with Crippen LogP contribution in [0.15, 0.2) is 41.6 Å². The zero-order valence-electron chi connectivity index (χ0n) is 17.7. The number of amides is 2. The number of carbonyl (C=O) groups excluding carboxylic acids is 2. The maximum absolute atomic E-state index is 13.1. The first-order chi connectivity index (χ1) is 14.2. The first-order valence-corrected chi connectivity index (χ1v) is 11.7. The van der Waals surface area contributed by atoms with Gasteiger partial charge in [-0.05, 0) is 58.8 Å². The van der Waals surface area contributed by atoms with Gasteiger partial charge in [0.1, 0.15) is 6.04 Å². The van der Waals surface area contributed by atoms with Crippen LogP contribution in [-0.2, 0) is 19.6 Å². The quantitative estimate of drug-likeness (QED) is 0.704. The minimum Gasteiger partial charge on any atom is -0.353 e. The molecule has 9 heteroatoms. The minimum absolute atomic E-state index is 0.0537. The number of hydrogen-bond donors (Lipinski definition) is 2. The fourth-order valence-corrected chi connectivity index (χ4v) is 5.42. The van der Waals surface area contributed by atoms with Gasteiger partial charge < -0.3 is 15.5 Å². The van der Waals surface area contributed by atoms with Crippen molar-refractivity contribution in [1.82, 2.24) is 19.8 Å². The van der Waals surface area contributed by atoms with Crippen molar-refractivity contribution in [3.05, 3.63) is 42.2 Å². The highest BCUT2D eigenvalue weighted by Gasteiger charge is 2.37. The molecule has 3 rings (SSSR count). The molecule has 0 spiro atoms. The third-order valence-corrected chi connectivity index (χ3v) is 7.62. The summed E-state index contributed by atoms with van der Waals surface area (Å²) < 4.78 is 27.2. The Morgan fingerprint density at radius 1 is 1.17 bits per heavy atom. The highest BCUT2D eigenvalue weighted by molar-refractivity contribution is 7.89. The van der Waals surface area contributed by atoms with Crippen molar-refractivity contribution in [2.75, 3.05) is 14.1 Å². The van der Waals surface area contributed by atoms with Crippen LogP contribution in [0.2, 0.25) is 0 Å². The van der Waals surface area contributed by atoms with Crippen molar-refractivity contribution in [3.63, 3.8) is 0 Å². The molecule has 1 aliphatic heterocycles. The third kappa shape index (κ3) is 5.02. The number of nitrogens with zero attached hydrogens (tertiary/aromatic N) is 2. The summed E-state index contributed by atoms with van der Waals surface area (Å²) in [7, 11) is 0.159. The molecule has 2 amide bonds. The SMILES string of the molecule is Cc1ccc(S(=O)(=O)N2C=CNC(=O)[C@H]2CC(=O)NC2CCC(N(C)C)CC2)cc1. The Morgan fingerprint density at radius 3 is 2.40 bits per heavy atom. The van der Waals surface area contributed by atoms with E-state index in [1.165, 1.54) is 24.5 Å². The molecule has 1 fully saturated rings. The van der Waals surface area contributed by atoms with Crippen molar-refractivity contribution >= 4 is 21.8 Å². The van der Waals surface area contributed by atoms with Crippen LogP contribution in [0.25, 0.3) is 0 Å². The molecule has 8 nitrogen and oxygen atoms in total. The van der Waals surface area contributed by atoms with Crippen molar-refractivity contribution in [3.8, 4) is 0 Å². The van der Waals surface area contributed by atoms with Gasteiger partial charge in [0, 0.05) is 24.5 Å². The van der Waals surface area contributed by atoms with E-state index in [1.54, 1.807) is 12.1 Å². The Balaban J connectivity index is 1.68. The maximum atomic E-state index is 13.1.